The summed E-state index contributed by atoms with van der Waals surface area (Å²) in [5.74, 6) is 0.209. The summed E-state index contributed by atoms with van der Waals surface area (Å²) in [6, 6.07) is 19.1. The number of imide groups is 1. The fourth-order valence-corrected chi connectivity index (χ4v) is 4.87. The van der Waals surface area contributed by atoms with E-state index in [2.05, 4.69) is 6.07 Å². The molecule has 2 heterocycles. The summed E-state index contributed by atoms with van der Waals surface area (Å²) in [4.78, 5) is 31.3. The fourth-order valence-electron chi connectivity index (χ4n) is 4.87. The summed E-state index contributed by atoms with van der Waals surface area (Å²) in [7, 11) is 3.07. The molecule has 0 radical (unpaired) electrons. The van der Waals surface area contributed by atoms with Crippen LogP contribution >= 0.6 is 0 Å². The number of benzene rings is 3. The van der Waals surface area contributed by atoms with Crippen molar-refractivity contribution < 1.29 is 19.1 Å². The highest BCUT2D eigenvalue weighted by atomic mass is 16.5. The highest BCUT2D eigenvalue weighted by Crippen LogP contribution is 2.43. The molecule has 6 nitrogen and oxygen atoms in total. The number of hydrogen-bond acceptors (Lipinski definition) is 5. The van der Waals surface area contributed by atoms with Crippen LogP contribution in [0.2, 0.25) is 0 Å². The van der Waals surface area contributed by atoms with Crippen LogP contribution < -0.4 is 19.3 Å². The van der Waals surface area contributed by atoms with Gasteiger partial charge >= 0.3 is 0 Å². The molecule has 0 saturated carbocycles. The van der Waals surface area contributed by atoms with Crippen molar-refractivity contribution in [1.82, 2.24) is 0 Å². The summed E-state index contributed by atoms with van der Waals surface area (Å²) >= 11 is 0. The van der Waals surface area contributed by atoms with Gasteiger partial charge in [0.1, 0.15) is 17.2 Å². The van der Waals surface area contributed by atoms with Crippen molar-refractivity contribution in [1.29, 1.82) is 0 Å². The summed E-state index contributed by atoms with van der Waals surface area (Å²) < 4.78 is 10.9. The molecule has 3 aromatic rings. The maximum absolute atomic E-state index is 14.1. The molecule has 34 heavy (non-hydrogen) atoms. The van der Waals surface area contributed by atoms with Crippen molar-refractivity contribution in [2.45, 2.75) is 20.3 Å². The quantitative estimate of drug-likeness (QED) is 0.525. The number of hydrogen-bond donors (Lipinski definition) is 0. The van der Waals surface area contributed by atoms with Crippen molar-refractivity contribution in [3.05, 3.63) is 88.6 Å². The Morgan fingerprint density at radius 2 is 1.62 bits per heavy atom. The Morgan fingerprint density at radius 1 is 0.824 bits per heavy atom. The van der Waals surface area contributed by atoms with Crippen LogP contribution in [0.3, 0.4) is 0 Å². The van der Waals surface area contributed by atoms with E-state index in [4.69, 9.17) is 9.47 Å². The third kappa shape index (κ3) is 3.34. The van der Waals surface area contributed by atoms with Crippen LogP contribution in [-0.4, -0.2) is 32.6 Å². The first-order valence-corrected chi connectivity index (χ1v) is 11.2. The van der Waals surface area contributed by atoms with E-state index >= 15 is 0 Å². The molecule has 2 amide bonds. The van der Waals surface area contributed by atoms with Gasteiger partial charge in [0.2, 0.25) is 0 Å². The standard InChI is InChI=1S/C28H26N2O4/c1-17-9-11-21(18(2)15-17)25-26(29-14-13-19-7-5-6-8-22(19)29)28(32)30(27(25)31)23-16-20(33-3)10-12-24(23)34-4/h5-12,15-16H,13-14H2,1-4H3. The molecular weight excluding hydrogens is 428 g/mol. The lowest BCUT2D eigenvalue weighted by atomic mass is 9.97. The SMILES string of the molecule is COc1ccc(OC)c(N2C(=O)C(c3ccc(C)cc3C)=C(N3CCc4ccccc43)C2=O)c1. The molecule has 0 unspecified atom stereocenters. The molecule has 5 rings (SSSR count). The second-order valence-electron chi connectivity index (χ2n) is 8.56. The van der Waals surface area contributed by atoms with Gasteiger partial charge in [0, 0.05) is 18.3 Å². The van der Waals surface area contributed by atoms with Crippen LogP contribution in [0.1, 0.15) is 22.3 Å². The Kier molecular flexibility index (Phi) is 5.36. The number of methoxy groups -OCH3 is 2. The summed E-state index contributed by atoms with van der Waals surface area (Å²) in [6.45, 7) is 4.61. The zero-order valence-corrected chi connectivity index (χ0v) is 19.7. The van der Waals surface area contributed by atoms with Crippen LogP contribution in [0, 0.1) is 13.8 Å². The van der Waals surface area contributed by atoms with Gasteiger partial charge in [0.25, 0.3) is 11.8 Å². The highest BCUT2D eigenvalue weighted by Gasteiger charge is 2.45. The summed E-state index contributed by atoms with van der Waals surface area (Å²) in [5.41, 5.74) is 6.08. The molecular formula is C28H26N2O4. The maximum atomic E-state index is 14.1. The third-order valence-electron chi connectivity index (χ3n) is 6.49. The zero-order valence-electron chi connectivity index (χ0n) is 19.7. The molecule has 172 valence electrons. The Bertz CT molecular complexity index is 1360. The fraction of sp³-hybridized carbons (Fsp3) is 0.214. The van der Waals surface area contributed by atoms with Gasteiger partial charge in [-0.2, -0.15) is 0 Å². The molecule has 2 aliphatic rings. The maximum Gasteiger partial charge on any atom is 0.282 e. The Balaban J connectivity index is 1.73. The van der Waals surface area contributed by atoms with Crippen molar-refractivity contribution in [3.8, 4) is 11.5 Å². The molecule has 0 spiro atoms. The minimum Gasteiger partial charge on any atom is -0.497 e. The van der Waals surface area contributed by atoms with Gasteiger partial charge < -0.3 is 14.4 Å². The average Bonchev–Trinajstić information content (AvgIpc) is 3.36. The molecule has 6 heteroatoms. The van der Waals surface area contributed by atoms with Crippen LogP contribution in [-0.2, 0) is 16.0 Å². The first-order valence-electron chi connectivity index (χ1n) is 11.2. The number of anilines is 2. The number of carbonyl (C=O) groups excluding carboxylic acids is 2. The monoisotopic (exact) mass is 454 g/mol. The van der Waals surface area contributed by atoms with E-state index in [-0.39, 0.29) is 11.8 Å². The normalized spacial score (nSPS) is 15.3. The van der Waals surface area contributed by atoms with Crippen molar-refractivity contribution in [2.24, 2.45) is 0 Å². The second-order valence-corrected chi connectivity index (χ2v) is 8.56. The van der Waals surface area contributed by atoms with Gasteiger partial charge in [0.15, 0.2) is 0 Å². The number of ether oxygens (including phenoxy) is 2. The molecule has 0 atom stereocenters. The Hall–Kier alpha value is -4.06. The second kappa shape index (κ2) is 8.37. The predicted molar refractivity (Wildman–Crippen MR) is 132 cm³/mol. The molecule has 0 aromatic heterocycles. The topological polar surface area (TPSA) is 59.1 Å². The summed E-state index contributed by atoms with van der Waals surface area (Å²) in [5, 5.41) is 0. The number of rotatable bonds is 5. The van der Waals surface area contributed by atoms with E-state index in [9.17, 15) is 9.59 Å². The van der Waals surface area contributed by atoms with E-state index < -0.39 is 0 Å². The number of amides is 2. The van der Waals surface area contributed by atoms with Crippen LogP contribution in [0.15, 0.2) is 66.4 Å². The molecule has 0 N–H and O–H groups in total. The number of nitrogens with zero attached hydrogens (tertiary/aromatic N) is 2. The number of para-hydroxylation sites is 1. The molecule has 2 aliphatic heterocycles. The van der Waals surface area contributed by atoms with E-state index in [0.717, 1.165) is 34.4 Å². The lowest BCUT2D eigenvalue weighted by Crippen LogP contribution is -2.35. The number of carbonyl (C=O) groups is 2. The molecule has 0 bridgehead atoms. The zero-order chi connectivity index (χ0) is 24.0. The third-order valence-corrected chi connectivity index (χ3v) is 6.49. The predicted octanol–water partition coefficient (Wildman–Crippen LogP) is 4.67. The van der Waals surface area contributed by atoms with Crippen molar-refractivity contribution >= 4 is 28.8 Å². The van der Waals surface area contributed by atoms with Crippen molar-refractivity contribution in [3.63, 3.8) is 0 Å². The van der Waals surface area contributed by atoms with E-state index in [1.54, 1.807) is 25.3 Å². The van der Waals surface area contributed by atoms with E-state index in [0.29, 0.717) is 35.0 Å². The van der Waals surface area contributed by atoms with Gasteiger partial charge in [0.05, 0.1) is 25.5 Å². The average molecular weight is 455 g/mol. The Morgan fingerprint density at radius 3 is 2.35 bits per heavy atom. The number of aryl methyl sites for hydroxylation is 2. The lowest BCUT2D eigenvalue weighted by Gasteiger charge is -2.22. The minimum atomic E-state index is -0.372. The lowest BCUT2D eigenvalue weighted by molar-refractivity contribution is -0.120. The Labute approximate surface area is 199 Å². The van der Waals surface area contributed by atoms with Crippen LogP contribution in [0.4, 0.5) is 11.4 Å². The van der Waals surface area contributed by atoms with Crippen LogP contribution in [0.25, 0.3) is 5.57 Å². The minimum absolute atomic E-state index is 0.363. The van der Waals surface area contributed by atoms with Gasteiger partial charge in [-0.3, -0.25) is 9.59 Å². The first-order chi connectivity index (χ1) is 16.4. The smallest absolute Gasteiger partial charge is 0.282 e. The largest absolute Gasteiger partial charge is 0.497 e. The van der Waals surface area contributed by atoms with E-state index in [1.165, 1.54) is 12.0 Å². The van der Waals surface area contributed by atoms with Gasteiger partial charge in [-0.25, -0.2) is 4.90 Å². The number of fused-ring (bicyclic) bond motifs is 1. The van der Waals surface area contributed by atoms with Gasteiger partial charge in [-0.15, -0.1) is 0 Å². The highest BCUT2D eigenvalue weighted by molar-refractivity contribution is 6.46. The van der Waals surface area contributed by atoms with Crippen molar-refractivity contribution in [2.75, 3.05) is 30.6 Å². The van der Waals surface area contributed by atoms with Crippen LogP contribution in [0.5, 0.6) is 11.5 Å². The molecule has 0 aliphatic carbocycles. The van der Waals surface area contributed by atoms with Gasteiger partial charge in [-0.05, 0) is 55.2 Å². The molecule has 3 aromatic carbocycles. The first kappa shape index (κ1) is 21.8. The molecule has 0 saturated heterocycles. The van der Waals surface area contributed by atoms with Gasteiger partial charge in [-0.1, -0.05) is 42.0 Å². The van der Waals surface area contributed by atoms with E-state index in [1.807, 2.05) is 55.1 Å². The summed E-state index contributed by atoms with van der Waals surface area (Å²) in [6.07, 6.45) is 0.809. The molecule has 0 fully saturated rings.